The van der Waals surface area contributed by atoms with E-state index < -0.39 is 17.3 Å². The van der Waals surface area contributed by atoms with E-state index in [0.717, 1.165) is 5.56 Å². The van der Waals surface area contributed by atoms with E-state index in [1.807, 2.05) is 30.3 Å². The molecule has 7 heteroatoms. The molecule has 1 aliphatic rings. The summed E-state index contributed by atoms with van der Waals surface area (Å²) in [6.45, 7) is 0.789. The smallest absolute Gasteiger partial charge is 0.311 e. The average molecular weight is 330 g/mol. The largest absolute Gasteiger partial charge is 0.481 e. The van der Waals surface area contributed by atoms with Crippen LogP contribution in [0.5, 0.6) is 0 Å². The number of nitrogens with one attached hydrogen (secondary N) is 1. The van der Waals surface area contributed by atoms with Crippen molar-refractivity contribution in [1.29, 1.82) is 0 Å². The third kappa shape index (κ3) is 3.30. The van der Waals surface area contributed by atoms with Crippen molar-refractivity contribution < 1.29 is 24.0 Å². The van der Waals surface area contributed by atoms with Crippen LogP contribution in [0.15, 0.2) is 40.9 Å². The van der Waals surface area contributed by atoms with Gasteiger partial charge in [-0.2, -0.15) is 0 Å². The van der Waals surface area contributed by atoms with Crippen LogP contribution in [0.3, 0.4) is 0 Å². The molecule has 0 unspecified atom stereocenters. The van der Waals surface area contributed by atoms with Crippen LogP contribution in [0.2, 0.25) is 0 Å². The first-order valence-electron chi connectivity index (χ1n) is 7.72. The number of carbonyl (C=O) groups excluding carboxylic acids is 1. The molecule has 7 nitrogen and oxygen atoms in total. The van der Waals surface area contributed by atoms with Crippen LogP contribution in [0.1, 0.15) is 23.4 Å². The summed E-state index contributed by atoms with van der Waals surface area (Å²) < 4.78 is 10.3. The lowest BCUT2D eigenvalue weighted by atomic mass is 9.80. The van der Waals surface area contributed by atoms with Gasteiger partial charge in [0.05, 0.1) is 5.41 Å². The number of aromatic nitrogens is 1. The Hall–Kier alpha value is -2.67. The number of carboxylic acids is 1. The third-order valence-electron chi connectivity index (χ3n) is 4.29. The van der Waals surface area contributed by atoms with Crippen LogP contribution in [0.4, 0.5) is 0 Å². The molecule has 0 saturated carbocycles. The number of ether oxygens (including phenoxy) is 1. The molecule has 2 heterocycles. The molecular weight excluding hydrogens is 312 g/mol. The normalized spacial score (nSPS) is 16.5. The molecule has 0 spiro atoms. The zero-order valence-electron chi connectivity index (χ0n) is 13.0. The molecule has 126 valence electrons. The first kappa shape index (κ1) is 16.2. The molecule has 1 amide bonds. The minimum absolute atomic E-state index is 0.0336. The fourth-order valence-electron chi connectivity index (χ4n) is 2.69. The van der Waals surface area contributed by atoms with Gasteiger partial charge in [-0.05, 0) is 12.8 Å². The summed E-state index contributed by atoms with van der Waals surface area (Å²) in [5.41, 5.74) is 0.405. The Balaban J connectivity index is 1.67. The van der Waals surface area contributed by atoms with E-state index in [9.17, 15) is 14.7 Å². The van der Waals surface area contributed by atoms with Gasteiger partial charge in [0.1, 0.15) is 5.69 Å². The van der Waals surface area contributed by atoms with Gasteiger partial charge >= 0.3 is 5.97 Å². The van der Waals surface area contributed by atoms with Crippen LogP contribution in [0.25, 0.3) is 11.3 Å². The molecule has 2 aromatic rings. The van der Waals surface area contributed by atoms with Gasteiger partial charge in [-0.25, -0.2) is 0 Å². The van der Waals surface area contributed by atoms with Crippen molar-refractivity contribution in [2.75, 3.05) is 19.8 Å². The van der Waals surface area contributed by atoms with Crippen molar-refractivity contribution in [3.8, 4) is 11.3 Å². The number of amides is 1. The average Bonchev–Trinajstić information content (AvgIpc) is 3.11. The summed E-state index contributed by atoms with van der Waals surface area (Å²) in [4.78, 5) is 23.8. The highest BCUT2D eigenvalue weighted by Crippen LogP contribution is 2.30. The predicted octanol–water partition coefficient (Wildman–Crippen LogP) is 1.95. The van der Waals surface area contributed by atoms with Crippen LogP contribution in [0, 0.1) is 5.41 Å². The molecule has 1 fully saturated rings. The van der Waals surface area contributed by atoms with Crippen LogP contribution >= 0.6 is 0 Å². The Morgan fingerprint density at radius 2 is 1.92 bits per heavy atom. The lowest BCUT2D eigenvalue weighted by Crippen LogP contribution is -2.46. The van der Waals surface area contributed by atoms with E-state index in [-0.39, 0.29) is 12.3 Å². The van der Waals surface area contributed by atoms with Crippen molar-refractivity contribution in [3.63, 3.8) is 0 Å². The van der Waals surface area contributed by atoms with Crippen molar-refractivity contribution >= 4 is 11.9 Å². The molecule has 24 heavy (non-hydrogen) atoms. The molecule has 2 N–H and O–H groups in total. The predicted molar refractivity (Wildman–Crippen MR) is 84.4 cm³/mol. The van der Waals surface area contributed by atoms with E-state index in [4.69, 9.17) is 9.26 Å². The van der Waals surface area contributed by atoms with Crippen LogP contribution < -0.4 is 5.32 Å². The highest BCUT2D eigenvalue weighted by atomic mass is 16.5. The first-order chi connectivity index (χ1) is 11.6. The molecule has 0 atom stereocenters. The Morgan fingerprint density at radius 1 is 1.21 bits per heavy atom. The lowest BCUT2D eigenvalue weighted by Gasteiger charge is -2.32. The van der Waals surface area contributed by atoms with E-state index in [1.54, 1.807) is 6.07 Å². The highest BCUT2D eigenvalue weighted by Gasteiger charge is 2.40. The number of benzene rings is 1. The van der Waals surface area contributed by atoms with Gasteiger partial charge in [-0.15, -0.1) is 0 Å². The fourth-order valence-corrected chi connectivity index (χ4v) is 2.69. The molecule has 1 aliphatic heterocycles. The molecule has 1 saturated heterocycles. The summed E-state index contributed by atoms with van der Waals surface area (Å²) in [5.74, 6) is -1.34. The molecule has 1 aromatic carbocycles. The molecule has 1 aromatic heterocycles. The van der Waals surface area contributed by atoms with Crippen molar-refractivity contribution in [1.82, 2.24) is 10.5 Å². The standard InChI is InChI=1S/C17H18N2O5/c20-15(18-11-17(16(21)22)6-8-23-9-7-17)14-10-13(19-24-14)12-4-2-1-3-5-12/h1-5,10H,6-9,11H2,(H,18,20)(H,21,22). The first-order valence-corrected chi connectivity index (χ1v) is 7.72. The van der Waals surface area contributed by atoms with Gasteiger partial charge in [0, 0.05) is 31.4 Å². The second-order valence-corrected chi connectivity index (χ2v) is 5.82. The minimum atomic E-state index is -0.990. The van der Waals surface area contributed by atoms with Gasteiger partial charge in [-0.1, -0.05) is 35.5 Å². The molecular formula is C17H18N2O5. The number of hydrogen-bond acceptors (Lipinski definition) is 5. The summed E-state index contributed by atoms with van der Waals surface area (Å²) in [6.07, 6.45) is 0.739. The minimum Gasteiger partial charge on any atom is -0.481 e. The Labute approximate surface area is 138 Å². The lowest BCUT2D eigenvalue weighted by molar-refractivity contribution is -0.154. The van der Waals surface area contributed by atoms with Crippen molar-refractivity contribution in [2.24, 2.45) is 5.41 Å². The number of aliphatic carboxylic acids is 1. The zero-order valence-corrected chi connectivity index (χ0v) is 13.0. The van der Waals surface area contributed by atoms with Gasteiger partial charge in [0.25, 0.3) is 5.91 Å². The summed E-state index contributed by atoms with van der Waals surface area (Å²) in [6, 6.07) is 10.9. The van der Waals surface area contributed by atoms with Gasteiger partial charge in [0.15, 0.2) is 0 Å². The topological polar surface area (TPSA) is 102 Å². The highest BCUT2D eigenvalue weighted by molar-refractivity contribution is 5.92. The van der Waals surface area contributed by atoms with E-state index in [2.05, 4.69) is 10.5 Å². The molecule has 0 radical (unpaired) electrons. The van der Waals surface area contributed by atoms with Gasteiger partial charge < -0.3 is 19.7 Å². The van der Waals surface area contributed by atoms with Crippen molar-refractivity contribution in [3.05, 3.63) is 42.2 Å². The number of hydrogen-bond donors (Lipinski definition) is 2. The zero-order chi connectivity index (χ0) is 17.0. The van der Waals surface area contributed by atoms with Crippen LogP contribution in [-0.4, -0.2) is 41.9 Å². The SMILES string of the molecule is O=C(NCC1(C(=O)O)CCOCC1)c1cc(-c2ccccc2)no1. The summed E-state index contributed by atoms with van der Waals surface area (Å²) >= 11 is 0. The Kier molecular flexibility index (Phi) is 4.61. The number of rotatable bonds is 5. The van der Waals surface area contributed by atoms with Gasteiger partial charge in [-0.3, -0.25) is 9.59 Å². The maximum atomic E-state index is 12.2. The molecule has 3 rings (SSSR count). The van der Waals surface area contributed by atoms with Crippen LogP contribution in [-0.2, 0) is 9.53 Å². The van der Waals surface area contributed by atoms with E-state index in [0.29, 0.717) is 31.7 Å². The maximum Gasteiger partial charge on any atom is 0.311 e. The Morgan fingerprint density at radius 3 is 2.58 bits per heavy atom. The number of carbonyl (C=O) groups is 2. The number of nitrogens with zero attached hydrogens (tertiary/aromatic N) is 1. The molecule has 0 aliphatic carbocycles. The Bertz CT molecular complexity index is 720. The summed E-state index contributed by atoms with van der Waals surface area (Å²) in [7, 11) is 0. The van der Waals surface area contributed by atoms with Crippen molar-refractivity contribution in [2.45, 2.75) is 12.8 Å². The second-order valence-electron chi connectivity index (χ2n) is 5.82. The molecule has 0 bridgehead atoms. The second kappa shape index (κ2) is 6.84. The number of carboxylic acid groups (broad SMARTS) is 1. The van der Waals surface area contributed by atoms with E-state index in [1.165, 1.54) is 0 Å². The quantitative estimate of drug-likeness (QED) is 0.869. The van der Waals surface area contributed by atoms with E-state index >= 15 is 0 Å². The summed E-state index contributed by atoms with van der Waals surface area (Å²) in [5, 5.41) is 16.0. The monoisotopic (exact) mass is 330 g/mol. The fraction of sp³-hybridized carbons (Fsp3) is 0.353. The van der Waals surface area contributed by atoms with Gasteiger partial charge in [0.2, 0.25) is 5.76 Å². The maximum absolute atomic E-state index is 12.2. The third-order valence-corrected chi connectivity index (χ3v) is 4.29.